The molecule has 2 heteroatoms. The molecule has 0 fully saturated rings. The average molecular weight is 168 g/mol. The van der Waals surface area contributed by atoms with Crippen LogP contribution in [0.1, 0.15) is 23.8 Å². The van der Waals surface area contributed by atoms with Gasteiger partial charge in [-0.2, -0.15) is 0 Å². The summed E-state index contributed by atoms with van der Waals surface area (Å²) in [6.07, 6.45) is 3.65. The predicted molar refractivity (Wildman–Crippen MR) is 48.1 cm³/mol. The largest absolute Gasteiger partial charge is 0.303 e. The topological polar surface area (TPSA) is 17.1 Å². The quantitative estimate of drug-likeness (QED) is 0.631. The van der Waals surface area contributed by atoms with Crippen LogP contribution in [0.15, 0.2) is 11.4 Å². The van der Waals surface area contributed by atoms with Gasteiger partial charge in [-0.3, -0.25) is 0 Å². The van der Waals surface area contributed by atoms with Gasteiger partial charge in [0.2, 0.25) is 0 Å². The molecule has 0 saturated heterocycles. The van der Waals surface area contributed by atoms with Crippen LogP contribution in [-0.2, 0) is 17.6 Å². The summed E-state index contributed by atoms with van der Waals surface area (Å²) in [6, 6.07) is 2.14. The van der Waals surface area contributed by atoms with Crippen LogP contribution >= 0.6 is 11.3 Å². The van der Waals surface area contributed by atoms with E-state index in [-0.39, 0.29) is 0 Å². The number of aryl methyl sites for hydroxylation is 2. The van der Waals surface area contributed by atoms with E-state index in [1.807, 2.05) is 0 Å². The molecule has 0 aliphatic heterocycles. The first-order valence-corrected chi connectivity index (χ1v) is 4.75. The fourth-order valence-corrected chi connectivity index (χ4v) is 2.09. The second-order valence-corrected chi connectivity index (χ2v) is 3.43. The van der Waals surface area contributed by atoms with Gasteiger partial charge in [0, 0.05) is 11.3 Å². The molecule has 1 heterocycles. The Labute approximate surface area is 71.1 Å². The van der Waals surface area contributed by atoms with Gasteiger partial charge in [0.25, 0.3) is 0 Å². The van der Waals surface area contributed by atoms with E-state index in [0.717, 1.165) is 19.1 Å². The van der Waals surface area contributed by atoms with Crippen molar-refractivity contribution in [2.24, 2.45) is 0 Å². The van der Waals surface area contributed by atoms with E-state index in [9.17, 15) is 4.79 Å². The Bertz CT molecular complexity index is 227. The zero-order chi connectivity index (χ0) is 8.10. The lowest BCUT2D eigenvalue weighted by atomic mass is 10.1. The van der Waals surface area contributed by atoms with Gasteiger partial charge in [-0.15, -0.1) is 11.3 Å². The number of carbonyl (C=O) groups is 1. The first-order chi connectivity index (χ1) is 5.38. The number of thiophene rings is 1. The lowest BCUT2D eigenvalue weighted by Gasteiger charge is -1.95. The van der Waals surface area contributed by atoms with Crippen LogP contribution < -0.4 is 0 Å². The Morgan fingerprint density at radius 3 is 3.09 bits per heavy atom. The molecule has 0 spiro atoms. The van der Waals surface area contributed by atoms with E-state index in [4.69, 9.17) is 0 Å². The minimum Gasteiger partial charge on any atom is -0.303 e. The third kappa shape index (κ3) is 2.15. The highest BCUT2D eigenvalue weighted by Gasteiger charge is 2.00. The standard InChI is InChI=1S/C9H12OS/c1-2-8-5-7-11-9(8)4-3-6-10/h5-7H,2-4H2,1H3. The summed E-state index contributed by atoms with van der Waals surface area (Å²) in [5, 5.41) is 2.10. The van der Waals surface area contributed by atoms with E-state index in [1.165, 1.54) is 10.4 Å². The van der Waals surface area contributed by atoms with Crippen molar-refractivity contribution in [3.8, 4) is 0 Å². The normalized spacial score (nSPS) is 9.91. The fraction of sp³-hybridized carbons (Fsp3) is 0.444. The van der Waals surface area contributed by atoms with Gasteiger partial charge in [-0.1, -0.05) is 6.92 Å². The molecule has 0 bridgehead atoms. The van der Waals surface area contributed by atoms with Crippen LogP contribution in [0.3, 0.4) is 0 Å². The minimum absolute atomic E-state index is 0.660. The molecule has 1 aromatic heterocycles. The molecular weight excluding hydrogens is 156 g/mol. The highest BCUT2D eigenvalue weighted by Crippen LogP contribution is 2.18. The first kappa shape index (κ1) is 8.47. The summed E-state index contributed by atoms with van der Waals surface area (Å²) in [7, 11) is 0. The molecule has 0 aromatic carbocycles. The van der Waals surface area contributed by atoms with E-state index in [0.29, 0.717) is 6.42 Å². The van der Waals surface area contributed by atoms with Gasteiger partial charge in [0.05, 0.1) is 0 Å². The van der Waals surface area contributed by atoms with Crippen LogP contribution in [0, 0.1) is 0 Å². The van der Waals surface area contributed by atoms with Gasteiger partial charge < -0.3 is 4.79 Å². The van der Waals surface area contributed by atoms with Crippen molar-refractivity contribution < 1.29 is 4.79 Å². The smallest absolute Gasteiger partial charge is 0.120 e. The number of hydrogen-bond donors (Lipinski definition) is 0. The lowest BCUT2D eigenvalue weighted by molar-refractivity contribution is -0.107. The Kier molecular flexibility index (Phi) is 3.30. The predicted octanol–water partition coefficient (Wildman–Crippen LogP) is 2.44. The molecule has 0 unspecified atom stereocenters. The van der Waals surface area contributed by atoms with Crippen molar-refractivity contribution >= 4 is 17.6 Å². The number of carbonyl (C=O) groups excluding carboxylic acids is 1. The van der Waals surface area contributed by atoms with Crippen molar-refractivity contribution in [3.63, 3.8) is 0 Å². The molecular formula is C9H12OS. The molecule has 1 rings (SSSR count). The summed E-state index contributed by atoms with van der Waals surface area (Å²) >= 11 is 1.76. The third-order valence-corrected chi connectivity index (χ3v) is 2.73. The second kappa shape index (κ2) is 4.29. The molecule has 0 aliphatic carbocycles. The molecule has 60 valence electrons. The van der Waals surface area contributed by atoms with Crippen LogP contribution in [-0.4, -0.2) is 6.29 Å². The van der Waals surface area contributed by atoms with Gasteiger partial charge >= 0.3 is 0 Å². The molecule has 0 atom stereocenters. The molecule has 0 saturated carbocycles. The summed E-state index contributed by atoms with van der Waals surface area (Å²) in [5.41, 5.74) is 1.40. The number of aldehydes is 1. The Hall–Kier alpha value is -0.630. The zero-order valence-corrected chi connectivity index (χ0v) is 7.49. The van der Waals surface area contributed by atoms with Gasteiger partial charge in [0.1, 0.15) is 6.29 Å². The molecule has 0 amide bonds. The van der Waals surface area contributed by atoms with Crippen molar-refractivity contribution in [3.05, 3.63) is 21.9 Å². The fourth-order valence-electron chi connectivity index (χ4n) is 1.09. The second-order valence-electron chi connectivity index (χ2n) is 2.43. The van der Waals surface area contributed by atoms with E-state index in [1.54, 1.807) is 11.3 Å². The monoisotopic (exact) mass is 168 g/mol. The minimum atomic E-state index is 0.660. The summed E-state index contributed by atoms with van der Waals surface area (Å²) < 4.78 is 0. The van der Waals surface area contributed by atoms with Crippen LogP contribution in [0.2, 0.25) is 0 Å². The lowest BCUT2D eigenvalue weighted by Crippen LogP contribution is -1.86. The molecule has 1 nitrogen and oxygen atoms in total. The summed E-state index contributed by atoms with van der Waals surface area (Å²) in [5.74, 6) is 0. The first-order valence-electron chi connectivity index (χ1n) is 3.87. The van der Waals surface area contributed by atoms with Gasteiger partial charge in [0.15, 0.2) is 0 Å². The third-order valence-electron chi connectivity index (χ3n) is 1.71. The van der Waals surface area contributed by atoms with Crippen LogP contribution in [0.25, 0.3) is 0 Å². The Morgan fingerprint density at radius 1 is 1.64 bits per heavy atom. The molecule has 1 aromatic rings. The highest BCUT2D eigenvalue weighted by atomic mass is 32.1. The molecule has 0 aliphatic rings. The number of hydrogen-bond acceptors (Lipinski definition) is 2. The summed E-state index contributed by atoms with van der Waals surface area (Å²) in [6.45, 7) is 2.15. The molecule has 11 heavy (non-hydrogen) atoms. The SMILES string of the molecule is CCc1ccsc1CCC=O. The van der Waals surface area contributed by atoms with E-state index in [2.05, 4.69) is 18.4 Å². The molecule has 0 N–H and O–H groups in total. The Balaban J connectivity index is 2.60. The molecule has 0 radical (unpaired) electrons. The zero-order valence-electron chi connectivity index (χ0n) is 6.67. The average Bonchev–Trinajstić information content (AvgIpc) is 2.47. The van der Waals surface area contributed by atoms with Crippen molar-refractivity contribution in [2.45, 2.75) is 26.2 Å². The van der Waals surface area contributed by atoms with Crippen molar-refractivity contribution in [1.82, 2.24) is 0 Å². The van der Waals surface area contributed by atoms with Crippen molar-refractivity contribution in [1.29, 1.82) is 0 Å². The highest BCUT2D eigenvalue weighted by molar-refractivity contribution is 7.10. The van der Waals surface area contributed by atoms with E-state index >= 15 is 0 Å². The van der Waals surface area contributed by atoms with E-state index < -0.39 is 0 Å². The maximum atomic E-state index is 10.1. The van der Waals surface area contributed by atoms with Crippen LogP contribution in [0.5, 0.6) is 0 Å². The van der Waals surface area contributed by atoms with Crippen molar-refractivity contribution in [2.75, 3.05) is 0 Å². The van der Waals surface area contributed by atoms with Gasteiger partial charge in [-0.05, 0) is 29.9 Å². The summed E-state index contributed by atoms with van der Waals surface area (Å²) in [4.78, 5) is 11.5. The maximum absolute atomic E-state index is 10.1. The van der Waals surface area contributed by atoms with Crippen LogP contribution in [0.4, 0.5) is 0 Å². The maximum Gasteiger partial charge on any atom is 0.120 e. The number of rotatable bonds is 4. The van der Waals surface area contributed by atoms with Gasteiger partial charge in [-0.25, -0.2) is 0 Å². The Morgan fingerprint density at radius 2 is 2.45 bits per heavy atom.